The van der Waals surface area contributed by atoms with Crippen LogP contribution >= 0.6 is 0 Å². The molecule has 1 amide bonds. The van der Waals surface area contributed by atoms with Crippen LogP contribution in [0.3, 0.4) is 0 Å². The monoisotopic (exact) mass is 378 g/mol. The molecule has 2 N–H and O–H groups in total. The highest BCUT2D eigenvalue weighted by Crippen LogP contribution is 2.22. The number of hydrogen-bond donors (Lipinski definition) is 1. The lowest BCUT2D eigenvalue weighted by molar-refractivity contribution is 0.0751. The van der Waals surface area contributed by atoms with Gasteiger partial charge in [-0.2, -0.15) is 5.10 Å². The number of carbonyl (C=O) groups excluding carboxylic acids is 1. The summed E-state index contributed by atoms with van der Waals surface area (Å²) < 4.78 is 7.37. The quantitative estimate of drug-likeness (QED) is 0.621. The molecule has 0 aliphatic heterocycles. The van der Waals surface area contributed by atoms with Crippen molar-refractivity contribution in [3.8, 4) is 11.4 Å². The maximum atomic E-state index is 13.2. The summed E-state index contributed by atoms with van der Waals surface area (Å²) in [6, 6.07) is 19.8. The molecule has 0 unspecified atom stereocenters. The molecule has 0 aliphatic carbocycles. The number of hydrogen-bond acceptors (Lipinski definition) is 4. The molecule has 0 fully saturated rings. The Morgan fingerprint density at radius 3 is 2.39 bits per heavy atom. The first kappa shape index (κ1) is 19.6. The number of carbonyl (C=O) groups is 1. The third-order valence-electron chi connectivity index (χ3n) is 4.40. The highest BCUT2D eigenvalue weighted by Gasteiger charge is 2.24. The van der Waals surface area contributed by atoms with Gasteiger partial charge in [-0.15, -0.1) is 0 Å². The summed E-state index contributed by atoms with van der Waals surface area (Å²) in [6.07, 6.45) is 2.51. The van der Waals surface area contributed by atoms with E-state index in [1.807, 2.05) is 55.5 Å². The maximum Gasteiger partial charge on any atom is 0.278 e. The van der Waals surface area contributed by atoms with Crippen LogP contribution in [0.4, 0.5) is 0 Å². The number of para-hydroxylation sites is 1. The Morgan fingerprint density at radius 1 is 1.07 bits per heavy atom. The van der Waals surface area contributed by atoms with Crippen LogP contribution < -0.4 is 10.5 Å². The van der Waals surface area contributed by atoms with Gasteiger partial charge in [0.15, 0.2) is 11.4 Å². The van der Waals surface area contributed by atoms with Gasteiger partial charge in [0.05, 0.1) is 18.5 Å². The minimum absolute atomic E-state index is 0.167. The smallest absolute Gasteiger partial charge is 0.278 e. The van der Waals surface area contributed by atoms with Gasteiger partial charge < -0.3 is 15.4 Å². The second kappa shape index (κ2) is 9.71. The molecule has 6 heteroatoms. The second-order valence-corrected chi connectivity index (χ2v) is 6.37. The van der Waals surface area contributed by atoms with E-state index in [0.717, 1.165) is 12.1 Å². The highest BCUT2D eigenvalue weighted by atomic mass is 16.5. The van der Waals surface area contributed by atoms with Crippen LogP contribution in [0, 0.1) is 0 Å². The standard InChI is InChI=1S/C22H26N4O2/c1-2-28-20-17-26(19-11-7-4-8-12-19)24-21(20)22(27)25(16-14-23)15-13-18-9-5-3-6-10-18/h3-12,17H,2,13-16,23H2,1H3. The van der Waals surface area contributed by atoms with E-state index in [-0.39, 0.29) is 5.91 Å². The molecule has 0 spiro atoms. The number of benzene rings is 2. The van der Waals surface area contributed by atoms with Gasteiger partial charge in [0, 0.05) is 19.6 Å². The van der Waals surface area contributed by atoms with Crippen molar-refractivity contribution in [1.29, 1.82) is 0 Å². The average Bonchev–Trinajstić information content (AvgIpc) is 3.16. The van der Waals surface area contributed by atoms with E-state index in [2.05, 4.69) is 17.2 Å². The maximum absolute atomic E-state index is 13.2. The molecule has 0 bridgehead atoms. The minimum atomic E-state index is -0.167. The molecule has 28 heavy (non-hydrogen) atoms. The Balaban J connectivity index is 1.83. The summed E-state index contributed by atoms with van der Waals surface area (Å²) in [6.45, 7) is 3.78. The zero-order valence-corrected chi connectivity index (χ0v) is 16.1. The first-order valence-corrected chi connectivity index (χ1v) is 9.54. The predicted molar refractivity (Wildman–Crippen MR) is 110 cm³/mol. The predicted octanol–water partition coefficient (Wildman–Crippen LogP) is 2.91. The summed E-state index contributed by atoms with van der Waals surface area (Å²) in [7, 11) is 0. The van der Waals surface area contributed by atoms with Gasteiger partial charge in [0.2, 0.25) is 0 Å². The van der Waals surface area contributed by atoms with E-state index < -0.39 is 0 Å². The van der Waals surface area contributed by atoms with Crippen LogP contribution in [0.25, 0.3) is 5.69 Å². The zero-order chi connectivity index (χ0) is 19.8. The first-order chi connectivity index (χ1) is 13.7. The number of nitrogens with zero attached hydrogens (tertiary/aromatic N) is 3. The van der Waals surface area contributed by atoms with Crippen LogP contribution in [0.15, 0.2) is 66.9 Å². The van der Waals surface area contributed by atoms with Crippen molar-refractivity contribution in [2.24, 2.45) is 5.73 Å². The van der Waals surface area contributed by atoms with Crippen LogP contribution in [0.5, 0.6) is 5.75 Å². The lowest BCUT2D eigenvalue weighted by Crippen LogP contribution is -2.37. The van der Waals surface area contributed by atoms with E-state index in [1.54, 1.807) is 15.8 Å². The van der Waals surface area contributed by atoms with Gasteiger partial charge in [-0.05, 0) is 31.0 Å². The first-order valence-electron chi connectivity index (χ1n) is 9.54. The lowest BCUT2D eigenvalue weighted by atomic mass is 10.1. The van der Waals surface area contributed by atoms with Crippen molar-refractivity contribution < 1.29 is 9.53 Å². The van der Waals surface area contributed by atoms with Crippen LogP contribution in [0.2, 0.25) is 0 Å². The Hall–Kier alpha value is -3.12. The zero-order valence-electron chi connectivity index (χ0n) is 16.1. The fourth-order valence-electron chi connectivity index (χ4n) is 3.01. The van der Waals surface area contributed by atoms with Crippen molar-refractivity contribution in [1.82, 2.24) is 14.7 Å². The van der Waals surface area contributed by atoms with Crippen molar-refractivity contribution in [3.05, 3.63) is 78.1 Å². The van der Waals surface area contributed by atoms with Gasteiger partial charge in [-0.1, -0.05) is 48.5 Å². The Morgan fingerprint density at radius 2 is 1.75 bits per heavy atom. The molecule has 2 aromatic carbocycles. The molecule has 1 heterocycles. The third-order valence-corrected chi connectivity index (χ3v) is 4.40. The van der Waals surface area contributed by atoms with Gasteiger partial charge in [-0.3, -0.25) is 4.79 Å². The summed E-state index contributed by atoms with van der Waals surface area (Å²) in [5.74, 6) is 0.317. The molecular weight excluding hydrogens is 352 g/mol. The summed E-state index contributed by atoms with van der Waals surface area (Å²) in [5, 5.41) is 4.52. The van der Waals surface area contributed by atoms with Crippen molar-refractivity contribution >= 4 is 5.91 Å². The Kier molecular flexibility index (Phi) is 6.81. The molecule has 0 saturated carbocycles. The summed E-state index contributed by atoms with van der Waals surface area (Å²) >= 11 is 0. The molecule has 6 nitrogen and oxygen atoms in total. The Labute approximate surface area is 165 Å². The molecule has 0 saturated heterocycles. The van der Waals surface area contributed by atoms with E-state index in [1.165, 1.54) is 5.56 Å². The number of amides is 1. The number of ether oxygens (including phenoxy) is 1. The average molecular weight is 378 g/mol. The summed E-state index contributed by atoms with van der Waals surface area (Å²) in [4.78, 5) is 15.0. The summed E-state index contributed by atoms with van der Waals surface area (Å²) in [5.41, 5.74) is 8.12. The molecule has 1 aromatic heterocycles. The fourth-order valence-corrected chi connectivity index (χ4v) is 3.01. The molecule has 0 radical (unpaired) electrons. The van der Waals surface area contributed by atoms with E-state index >= 15 is 0 Å². The van der Waals surface area contributed by atoms with Gasteiger partial charge in [0.25, 0.3) is 5.91 Å². The molecule has 3 aromatic rings. The van der Waals surface area contributed by atoms with Gasteiger partial charge >= 0.3 is 0 Å². The Bertz CT molecular complexity index is 878. The topological polar surface area (TPSA) is 73.4 Å². The third kappa shape index (κ3) is 4.78. The molecule has 146 valence electrons. The van der Waals surface area contributed by atoms with E-state index in [9.17, 15) is 4.79 Å². The number of aromatic nitrogens is 2. The van der Waals surface area contributed by atoms with Crippen molar-refractivity contribution in [3.63, 3.8) is 0 Å². The van der Waals surface area contributed by atoms with Gasteiger partial charge in [-0.25, -0.2) is 4.68 Å². The molecular formula is C22H26N4O2. The fraction of sp³-hybridized carbons (Fsp3) is 0.273. The normalized spacial score (nSPS) is 10.6. The van der Waals surface area contributed by atoms with Crippen LogP contribution in [0.1, 0.15) is 23.0 Å². The highest BCUT2D eigenvalue weighted by molar-refractivity contribution is 5.95. The van der Waals surface area contributed by atoms with Crippen LogP contribution in [-0.4, -0.2) is 46.8 Å². The second-order valence-electron chi connectivity index (χ2n) is 6.37. The van der Waals surface area contributed by atoms with E-state index in [0.29, 0.717) is 37.7 Å². The largest absolute Gasteiger partial charge is 0.490 e. The van der Waals surface area contributed by atoms with E-state index in [4.69, 9.17) is 10.5 Å². The number of nitrogens with two attached hydrogens (primary N) is 1. The van der Waals surface area contributed by atoms with Gasteiger partial charge in [0.1, 0.15) is 0 Å². The number of rotatable bonds is 9. The molecule has 0 atom stereocenters. The minimum Gasteiger partial charge on any atom is -0.490 e. The van der Waals surface area contributed by atoms with Crippen molar-refractivity contribution in [2.75, 3.05) is 26.2 Å². The molecule has 3 rings (SSSR count). The van der Waals surface area contributed by atoms with Crippen LogP contribution in [-0.2, 0) is 6.42 Å². The molecule has 0 aliphatic rings. The van der Waals surface area contributed by atoms with Crippen molar-refractivity contribution in [2.45, 2.75) is 13.3 Å². The SMILES string of the molecule is CCOc1cn(-c2ccccc2)nc1C(=O)N(CCN)CCc1ccccc1. The lowest BCUT2D eigenvalue weighted by Gasteiger charge is -2.21.